The van der Waals surface area contributed by atoms with Crippen molar-refractivity contribution in [2.45, 2.75) is 19.8 Å². The van der Waals surface area contributed by atoms with Crippen molar-refractivity contribution < 1.29 is 14.3 Å². The maximum absolute atomic E-state index is 12.4. The van der Waals surface area contributed by atoms with Crippen molar-refractivity contribution in [1.82, 2.24) is 5.32 Å². The molecule has 1 N–H and O–H groups in total. The van der Waals surface area contributed by atoms with Crippen LogP contribution in [0.25, 0.3) is 0 Å². The zero-order valence-electron chi connectivity index (χ0n) is 15.2. The summed E-state index contributed by atoms with van der Waals surface area (Å²) >= 11 is 0. The van der Waals surface area contributed by atoms with Crippen molar-refractivity contribution in [2.75, 3.05) is 25.1 Å². The molecule has 1 fully saturated rings. The van der Waals surface area contributed by atoms with Gasteiger partial charge in [0.25, 0.3) is 0 Å². The van der Waals surface area contributed by atoms with Crippen molar-refractivity contribution in [2.24, 2.45) is 5.92 Å². The number of ether oxygens (including phenoxy) is 1. The molecule has 2 aromatic rings. The van der Waals surface area contributed by atoms with Crippen molar-refractivity contribution >= 4 is 17.5 Å². The lowest BCUT2D eigenvalue weighted by molar-refractivity contribution is -0.126. The molecule has 0 aromatic heterocycles. The molecule has 2 aromatic carbocycles. The third-order valence-electron chi connectivity index (χ3n) is 4.69. The molecule has 0 saturated carbocycles. The van der Waals surface area contributed by atoms with Gasteiger partial charge >= 0.3 is 0 Å². The molecule has 2 amide bonds. The first-order chi connectivity index (χ1) is 12.6. The van der Waals surface area contributed by atoms with Gasteiger partial charge in [0.1, 0.15) is 5.75 Å². The van der Waals surface area contributed by atoms with E-state index in [2.05, 4.69) is 5.32 Å². The standard InChI is InChI=1S/C21H24N2O3/c1-15-6-8-18(9-7-15)23-14-17(13-20(23)24)21(25)22-11-10-16-4-3-5-19(12-16)26-2/h3-9,12,17H,10-11,13-14H2,1-2H3,(H,22,25). The summed E-state index contributed by atoms with van der Waals surface area (Å²) in [6.07, 6.45) is 0.990. The summed E-state index contributed by atoms with van der Waals surface area (Å²) in [5.41, 5.74) is 3.10. The Kier molecular flexibility index (Phi) is 5.56. The molecule has 1 aliphatic heterocycles. The minimum absolute atomic E-state index is 0.00167. The van der Waals surface area contributed by atoms with Gasteiger partial charge in [-0.2, -0.15) is 0 Å². The summed E-state index contributed by atoms with van der Waals surface area (Å²) < 4.78 is 5.21. The van der Waals surface area contributed by atoms with Crippen LogP contribution in [0.4, 0.5) is 5.69 Å². The molecule has 1 saturated heterocycles. The van der Waals surface area contributed by atoms with Gasteiger partial charge in [-0.25, -0.2) is 0 Å². The van der Waals surface area contributed by atoms with Crippen LogP contribution >= 0.6 is 0 Å². The second kappa shape index (κ2) is 8.04. The molecule has 0 bridgehead atoms. The van der Waals surface area contributed by atoms with Gasteiger partial charge < -0.3 is 15.0 Å². The van der Waals surface area contributed by atoms with Crippen molar-refractivity contribution in [3.63, 3.8) is 0 Å². The number of aryl methyl sites for hydroxylation is 1. The van der Waals surface area contributed by atoms with Crippen LogP contribution in [0.2, 0.25) is 0 Å². The molecular weight excluding hydrogens is 328 g/mol. The molecule has 1 aliphatic rings. The number of hydrogen-bond donors (Lipinski definition) is 1. The highest BCUT2D eigenvalue weighted by molar-refractivity contribution is 6.00. The van der Waals surface area contributed by atoms with Crippen LogP contribution in [0.3, 0.4) is 0 Å². The lowest BCUT2D eigenvalue weighted by Crippen LogP contribution is -2.34. The van der Waals surface area contributed by atoms with E-state index in [9.17, 15) is 9.59 Å². The fraction of sp³-hybridized carbons (Fsp3) is 0.333. The van der Waals surface area contributed by atoms with Crippen LogP contribution in [-0.4, -0.2) is 32.0 Å². The van der Waals surface area contributed by atoms with E-state index in [1.165, 1.54) is 0 Å². The smallest absolute Gasteiger partial charge is 0.227 e. The summed E-state index contributed by atoms with van der Waals surface area (Å²) in [4.78, 5) is 26.4. The Morgan fingerprint density at radius 2 is 2.00 bits per heavy atom. The Morgan fingerprint density at radius 1 is 1.23 bits per heavy atom. The quantitative estimate of drug-likeness (QED) is 0.870. The highest BCUT2D eigenvalue weighted by Crippen LogP contribution is 2.25. The first-order valence-corrected chi connectivity index (χ1v) is 8.84. The number of anilines is 1. The Balaban J connectivity index is 1.52. The molecule has 26 heavy (non-hydrogen) atoms. The second-order valence-electron chi connectivity index (χ2n) is 6.63. The van der Waals surface area contributed by atoms with Gasteiger partial charge in [0, 0.05) is 25.2 Å². The maximum Gasteiger partial charge on any atom is 0.227 e. The zero-order valence-corrected chi connectivity index (χ0v) is 15.2. The van der Waals surface area contributed by atoms with E-state index >= 15 is 0 Å². The number of methoxy groups -OCH3 is 1. The summed E-state index contributed by atoms with van der Waals surface area (Å²) in [6.45, 7) is 2.99. The van der Waals surface area contributed by atoms with Gasteiger partial charge in [-0.05, 0) is 43.2 Å². The zero-order chi connectivity index (χ0) is 18.5. The SMILES string of the molecule is COc1cccc(CCNC(=O)C2CC(=O)N(c3ccc(C)cc3)C2)c1. The van der Waals surface area contributed by atoms with Gasteiger partial charge in [-0.15, -0.1) is 0 Å². The van der Waals surface area contributed by atoms with E-state index in [-0.39, 0.29) is 24.2 Å². The topological polar surface area (TPSA) is 58.6 Å². The van der Waals surface area contributed by atoms with E-state index < -0.39 is 0 Å². The van der Waals surface area contributed by atoms with Gasteiger partial charge in [-0.1, -0.05) is 29.8 Å². The number of carbonyl (C=O) groups is 2. The average molecular weight is 352 g/mol. The molecule has 136 valence electrons. The van der Waals surface area contributed by atoms with Crippen LogP contribution in [0.1, 0.15) is 17.5 Å². The molecule has 0 aliphatic carbocycles. The highest BCUT2D eigenvalue weighted by Gasteiger charge is 2.34. The van der Waals surface area contributed by atoms with E-state index in [4.69, 9.17) is 4.74 Å². The molecule has 5 heteroatoms. The number of amides is 2. The van der Waals surface area contributed by atoms with Crippen LogP contribution < -0.4 is 15.0 Å². The molecule has 0 spiro atoms. The fourth-order valence-electron chi connectivity index (χ4n) is 3.16. The third-order valence-corrected chi connectivity index (χ3v) is 4.69. The fourth-order valence-corrected chi connectivity index (χ4v) is 3.16. The van der Waals surface area contributed by atoms with Crippen molar-refractivity contribution in [1.29, 1.82) is 0 Å². The minimum Gasteiger partial charge on any atom is -0.497 e. The Hall–Kier alpha value is -2.82. The molecule has 0 radical (unpaired) electrons. The number of nitrogens with zero attached hydrogens (tertiary/aromatic N) is 1. The van der Waals surface area contributed by atoms with Gasteiger partial charge in [-0.3, -0.25) is 9.59 Å². The molecule has 1 heterocycles. The normalized spacial score (nSPS) is 16.6. The molecule has 5 nitrogen and oxygen atoms in total. The number of nitrogens with one attached hydrogen (secondary N) is 1. The summed E-state index contributed by atoms with van der Waals surface area (Å²) in [5.74, 6) is 0.454. The lowest BCUT2D eigenvalue weighted by Gasteiger charge is -2.17. The van der Waals surface area contributed by atoms with Crippen molar-refractivity contribution in [3.8, 4) is 5.75 Å². The Labute approximate surface area is 154 Å². The summed E-state index contributed by atoms with van der Waals surface area (Å²) in [5, 5.41) is 2.95. The van der Waals surface area contributed by atoms with Crippen LogP contribution in [0, 0.1) is 12.8 Å². The van der Waals surface area contributed by atoms with Crippen LogP contribution in [0.5, 0.6) is 5.75 Å². The number of carbonyl (C=O) groups excluding carboxylic acids is 2. The van der Waals surface area contributed by atoms with Gasteiger partial charge in [0.15, 0.2) is 0 Å². The average Bonchev–Trinajstić information content (AvgIpc) is 3.04. The first-order valence-electron chi connectivity index (χ1n) is 8.84. The monoisotopic (exact) mass is 352 g/mol. The van der Waals surface area contributed by atoms with Crippen LogP contribution in [0.15, 0.2) is 48.5 Å². The molecule has 1 unspecified atom stereocenters. The van der Waals surface area contributed by atoms with Crippen LogP contribution in [-0.2, 0) is 16.0 Å². The van der Waals surface area contributed by atoms with E-state index in [1.807, 2.05) is 55.5 Å². The predicted octanol–water partition coefficient (Wildman–Crippen LogP) is 2.72. The second-order valence-corrected chi connectivity index (χ2v) is 6.63. The van der Waals surface area contributed by atoms with Crippen molar-refractivity contribution in [3.05, 3.63) is 59.7 Å². The minimum atomic E-state index is -0.297. The predicted molar refractivity (Wildman–Crippen MR) is 101 cm³/mol. The first kappa shape index (κ1) is 18.0. The number of rotatable bonds is 6. The number of hydrogen-bond acceptors (Lipinski definition) is 3. The number of benzene rings is 2. The highest BCUT2D eigenvalue weighted by atomic mass is 16.5. The largest absolute Gasteiger partial charge is 0.497 e. The summed E-state index contributed by atoms with van der Waals surface area (Å²) in [7, 11) is 1.64. The van der Waals surface area contributed by atoms with E-state index in [0.29, 0.717) is 13.1 Å². The Morgan fingerprint density at radius 3 is 2.73 bits per heavy atom. The molecule has 3 rings (SSSR count). The summed E-state index contributed by atoms with van der Waals surface area (Å²) in [6, 6.07) is 15.6. The lowest BCUT2D eigenvalue weighted by atomic mass is 10.1. The Bertz CT molecular complexity index is 786. The molecular formula is C21H24N2O3. The van der Waals surface area contributed by atoms with E-state index in [0.717, 1.165) is 29.0 Å². The third kappa shape index (κ3) is 4.23. The van der Waals surface area contributed by atoms with Gasteiger partial charge in [0.2, 0.25) is 11.8 Å². The van der Waals surface area contributed by atoms with Gasteiger partial charge in [0.05, 0.1) is 13.0 Å². The van der Waals surface area contributed by atoms with E-state index in [1.54, 1.807) is 12.0 Å². The molecule has 1 atom stereocenters. The maximum atomic E-state index is 12.4.